The molecule has 0 saturated heterocycles. The van der Waals surface area contributed by atoms with E-state index < -0.39 is 23.6 Å². The molecule has 0 amide bonds. The number of rotatable bonds is 4. The van der Waals surface area contributed by atoms with Gasteiger partial charge in [0, 0.05) is 12.2 Å². The molecule has 0 heterocycles. The van der Waals surface area contributed by atoms with Crippen LogP contribution in [0.3, 0.4) is 0 Å². The molecule has 0 radical (unpaired) electrons. The van der Waals surface area contributed by atoms with Crippen molar-refractivity contribution in [3.05, 3.63) is 25.3 Å². The lowest BCUT2D eigenvalue weighted by molar-refractivity contribution is -0.183. The average molecular weight is 238 g/mol. The van der Waals surface area contributed by atoms with Crippen molar-refractivity contribution in [1.82, 2.24) is 0 Å². The zero-order valence-corrected chi connectivity index (χ0v) is 10.1. The van der Waals surface area contributed by atoms with Gasteiger partial charge in [-0.1, -0.05) is 13.2 Å². The van der Waals surface area contributed by atoms with Crippen molar-refractivity contribution in [1.29, 1.82) is 0 Å². The fourth-order valence-corrected chi connectivity index (χ4v) is 2.03. The largest absolute Gasteiger partial charge is 0.455 e. The van der Waals surface area contributed by atoms with Gasteiger partial charge in [-0.25, -0.2) is 9.59 Å². The molecule has 1 rings (SSSR count). The van der Waals surface area contributed by atoms with E-state index in [0.29, 0.717) is 12.8 Å². The Labute approximate surface area is 101 Å². The first-order valence-corrected chi connectivity index (χ1v) is 5.70. The molecular formula is C13H18O4. The third-order valence-corrected chi connectivity index (χ3v) is 3.00. The molecule has 0 aromatic carbocycles. The second-order valence-electron chi connectivity index (χ2n) is 4.31. The molecule has 0 aromatic heterocycles. The molecule has 0 aliphatic heterocycles. The van der Waals surface area contributed by atoms with Gasteiger partial charge < -0.3 is 9.47 Å². The maximum atomic E-state index is 11.3. The molecule has 0 aromatic rings. The minimum Gasteiger partial charge on any atom is -0.455 e. The lowest BCUT2D eigenvalue weighted by Crippen LogP contribution is -2.48. The van der Waals surface area contributed by atoms with E-state index >= 15 is 0 Å². The SMILES string of the molecule is C=CC(=O)OC1CCCCC1(C)OC(=O)C=C. The quantitative estimate of drug-likeness (QED) is 0.556. The summed E-state index contributed by atoms with van der Waals surface area (Å²) in [5.74, 6) is -0.980. The number of carbonyl (C=O) groups excluding carboxylic acids is 2. The lowest BCUT2D eigenvalue weighted by atomic mass is 9.83. The Bertz CT molecular complexity index is 334. The van der Waals surface area contributed by atoms with Gasteiger partial charge in [-0.05, 0) is 32.6 Å². The maximum absolute atomic E-state index is 11.3. The van der Waals surface area contributed by atoms with Crippen molar-refractivity contribution in [3.63, 3.8) is 0 Å². The Morgan fingerprint density at radius 1 is 1.24 bits per heavy atom. The molecule has 2 unspecified atom stereocenters. The molecule has 0 bridgehead atoms. The first-order valence-electron chi connectivity index (χ1n) is 5.70. The minimum absolute atomic E-state index is 0.411. The highest BCUT2D eigenvalue weighted by Crippen LogP contribution is 2.34. The molecule has 2 atom stereocenters. The molecule has 1 aliphatic rings. The highest BCUT2D eigenvalue weighted by Gasteiger charge is 2.42. The standard InChI is InChI=1S/C13H18O4/c1-4-11(14)16-10-8-6-7-9-13(10,3)17-12(15)5-2/h4-5,10H,1-2,6-9H2,3H3. The van der Waals surface area contributed by atoms with E-state index in [1.54, 1.807) is 6.92 Å². The van der Waals surface area contributed by atoms with Crippen molar-refractivity contribution in [3.8, 4) is 0 Å². The van der Waals surface area contributed by atoms with Crippen LogP contribution in [0.25, 0.3) is 0 Å². The van der Waals surface area contributed by atoms with Crippen molar-refractivity contribution >= 4 is 11.9 Å². The molecule has 4 nitrogen and oxygen atoms in total. The summed E-state index contributed by atoms with van der Waals surface area (Å²) >= 11 is 0. The summed E-state index contributed by atoms with van der Waals surface area (Å²) in [5.41, 5.74) is -0.762. The molecule has 94 valence electrons. The molecule has 1 aliphatic carbocycles. The zero-order chi connectivity index (χ0) is 12.9. The first kappa shape index (κ1) is 13.5. The Hall–Kier alpha value is -1.58. The monoisotopic (exact) mass is 238 g/mol. The van der Waals surface area contributed by atoms with Crippen molar-refractivity contribution < 1.29 is 19.1 Å². The van der Waals surface area contributed by atoms with Crippen molar-refractivity contribution in [2.24, 2.45) is 0 Å². The molecule has 17 heavy (non-hydrogen) atoms. The second kappa shape index (κ2) is 5.66. The Balaban J connectivity index is 2.75. The maximum Gasteiger partial charge on any atom is 0.330 e. The highest BCUT2D eigenvalue weighted by atomic mass is 16.6. The van der Waals surface area contributed by atoms with Gasteiger partial charge >= 0.3 is 11.9 Å². The van der Waals surface area contributed by atoms with E-state index in [9.17, 15) is 9.59 Å². The minimum atomic E-state index is -0.762. The predicted octanol–water partition coefficient (Wildman–Crippen LogP) is 2.15. The highest BCUT2D eigenvalue weighted by molar-refractivity contribution is 5.82. The molecular weight excluding hydrogens is 220 g/mol. The van der Waals surface area contributed by atoms with Crippen LogP contribution in [0.5, 0.6) is 0 Å². The van der Waals surface area contributed by atoms with E-state index in [1.807, 2.05) is 0 Å². The summed E-state index contributed by atoms with van der Waals surface area (Å²) < 4.78 is 10.6. The molecule has 0 N–H and O–H groups in total. The van der Waals surface area contributed by atoms with Crippen LogP contribution in [0.4, 0.5) is 0 Å². The summed E-state index contributed by atoms with van der Waals surface area (Å²) in [6.45, 7) is 8.50. The molecule has 1 fully saturated rings. The molecule has 0 spiro atoms. The third-order valence-electron chi connectivity index (χ3n) is 3.00. The third kappa shape index (κ3) is 3.44. The average Bonchev–Trinajstić information content (AvgIpc) is 2.31. The number of hydrogen-bond acceptors (Lipinski definition) is 4. The lowest BCUT2D eigenvalue weighted by Gasteiger charge is -2.39. The molecule has 4 heteroatoms. The molecule has 1 saturated carbocycles. The van der Waals surface area contributed by atoms with Gasteiger partial charge in [0.15, 0.2) is 0 Å². The number of carbonyl (C=O) groups is 2. The van der Waals surface area contributed by atoms with Crippen LogP contribution in [-0.4, -0.2) is 23.6 Å². The van der Waals surface area contributed by atoms with Crippen LogP contribution in [0, 0.1) is 0 Å². The fraction of sp³-hybridized carbons (Fsp3) is 0.538. The number of esters is 2. The smallest absolute Gasteiger partial charge is 0.330 e. The van der Waals surface area contributed by atoms with Gasteiger partial charge in [0.1, 0.15) is 11.7 Å². The van der Waals surface area contributed by atoms with Crippen LogP contribution >= 0.6 is 0 Å². The summed E-state index contributed by atoms with van der Waals surface area (Å²) in [6, 6.07) is 0. The fourth-order valence-electron chi connectivity index (χ4n) is 2.03. The van der Waals surface area contributed by atoms with Gasteiger partial charge in [0.25, 0.3) is 0 Å². The zero-order valence-electron chi connectivity index (χ0n) is 10.1. The Morgan fingerprint density at radius 3 is 2.47 bits per heavy atom. The summed E-state index contributed by atoms with van der Waals surface area (Å²) in [4.78, 5) is 22.5. The summed E-state index contributed by atoms with van der Waals surface area (Å²) in [5, 5.41) is 0. The van der Waals surface area contributed by atoms with Gasteiger partial charge in [-0.3, -0.25) is 0 Å². The van der Waals surface area contributed by atoms with Gasteiger partial charge in [-0.15, -0.1) is 0 Å². The second-order valence-corrected chi connectivity index (χ2v) is 4.31. The van der Waals surface area contributed by atoms with Crippen LogP contribution in [-0.2, 0) is 19.1 Å². The van der Waals surface area contributed by atoms with Crippen molar-refractivity contribution in [2.45, 2.75) is 44.3 Å². The van der Waals surface area contributed by atoms with Gasteiger partial charge in [-0.2, -0.15) is 0 Å². The van der Waals surface area contributed by atoms with E-state index in [4.69, 9.17) is 9.47 Å². The van der Waals surface area contributed by atoms with Crippen LogP contribution in [0.15, 0.2) is 25.3 Å². The first-order chi connectivity index (χ1) is 8.01. The number of ether oxygens (including phenoxy) is 2. The summed E-state index contributed by atoms with van der Waals surface area (Å²) in [7, 11) is 0. The van der Waals surface area contributed by atoms with Gasteiger partial charge in [0.2, 0.25) is 0 Å². The topological polar surface area (TPSA) is 52.6 Å². The van der Waals surface area contributed by atoms with Gasteiger partial charge in [0.05, 0.1) is 0 Å². The van der Waals surface area contributed by atoms with Crippen LogP contribution < -0.4 is 0 Å². The Morgan fingerprint density at radius 2 is 1.88 bits per heavy atom. The van der Waals surface area contributed by atoms with E-state index in [-0.39, 0.29) is 0 Å². The normalized spacial score (nSPS) is 27.9. The van der Waals surface area contributed by atoms with E-state index in [0.717, 1.165) is 25.0 Å². The number of hydrogen-bond donors (Lipinski definition) is 0. The predicted molar refractivity (Wildman–Crippen MR) is 63.2 cm³/mol. The van der Waals surface area contributed by atoms with E-state index in [2.05, 4.69) is 13.2 Å². The van der Waals surface area contributed by atoms with E-state index in [1.165, 1.54) is 0 Å². The van der Waals surface area contributed by atoms with Crippen molar-refractivity contribution in [2.75, 3.05) is 0 Å². The summed E-state index contributed by atoms with van der Waals surface area (Å²) in [6.07, 6.45) is 5.10. The Kier molecular flexibility index (Phi) is 4.49. The van der Waals surface area contributed by atoms with Crippen LogP contribution in [0.1, 0.15) is 32.6 Å². The van der Waals surface area contributed by atoms with Crippen LogP contribution in [0.2, 0.25) is 0 Å².